The first-order chi connectivity index (χ1) is 8.47. The molecular weight excluding hydrogens is 245 g/mol. The average molecular weight is 256 g/mol. The minimum Gasteiger partial charge on any atom is -0.457 e. The van der Waals surface area contributed by atoms with E-state index in [-0.39, 0.29) is 18.6 Å². The van der Waals surface area contributed by atoms with E-state index in [1.807, 2.05) is 0 Å². The van der Waals surface area contributed by atoms with Crippen molar-refractivity contribution in [2.24, 2.45) is 0 Å². The number of benzene rings is 1. The van der Waals surface area contributed by atoms with Crippen molar-refractivity contribution < 1.29 is 22.7 Å². The summed E-state index contributed by atoms with van der Waals surface area (Å²) in [5.41, 5.74) is 1.43. The molecule has 1 aromatic carbocycles. The third-order valence-corrected chi connectivity index (χ3v) is 2.74. The Kier molecular flexibility index (Phi) is 3.41. The van der Waals surface area contributed by atoms with Gasteiger partial charge < -0.3 is 4.74 Å². The third kappa shape index (κ3) is 2.91. The zero-order valence-electron chi connectivity index (χ0n) is 9.46. The van der Waals surface area contributed by atoms with Gasteiger partial charge in [-0.2, -0.15) is 13.2 Å². The highest BCUT2D eigenvalue weighted by atomic mass is 19.4. The summed E-state index contributed by atoms with van der Waals surface area (Å²) < 4.78 is 41.4. The molecular formula is C13H11F3O2. The summed E-state index contributed by atoms with van der Waals surface area (Å²) in [5.74, 6) is -0.641. The molecule has 2 rings (SSSR count). The van der Waals surface area contributed by atoms with Crippen molar-refractivity contribution in [3.63, 3.8) is 0 Å². The van der Waals surface area contributed by atoms with Crippen molar-refractivity contribution in [3.05, 3.63) is 41.5 Å². The van der Waals surface area contributed by atoms with Crippen LogP contribution < -0.4 is 0 Å². The number of halogens is 3. The highest BCUT2D eigenvalue weighted by molar-refractivity contribution is 6.01. The second-order valence-corrected chi connectivity index (χ2v) is 4.01. The van der Waals surface area contributed by atoms with E-state index in [0.717, 1.165) is 5.56 Å². The van der Waals surface area contributed by atoms with Crippen molar-refractivity contribution in [2.45, 2.75) is 19.0 Å². The summed E-state index contributed by atoms with van der Waals surface area (Å²) in [5, 5.41) is 0. The fourth-order valence-corrected chi connectivity index (χ4v) is 1.85. The van der Waals surface area contributed by atoms with Crippen LogP contribution in [0.4, 0.5) is 13.2 Å². The lowest BCUT2D eigenvalue weighted by molar-refractivity contribution is -0.139. The Morgan fingerprint density at radius 2 is 1.83 bits per heavy atom. The van der Waals surface area contributed by atoms with Crippen molar-refractivity contribution in [1.82, 2.24) is 0 Å². The normalized spacial score (nSPS) is 16.1. The van der Waals surface area contributed by atoms with Crippen LogP contribution in [-0.4, -0.2) is 18.8 Å². The Balaban J connectivity index is 2.24. The lowest BCUT2D eigenvalue weighted by Crippen LogP contribution is -2.09. The van der Waals surface area contributed by atoms with E-state index in [2.05, 4.69) is 0 Å². The van der Waals surface area contributed by atoms with Gasteiger partial charge in [-0.1, -0.05) is 30.3 Å². The van der Waals surface area contributed by atoms with Crippen LogP contribution in [0.2, 0.25) is 0 Å². The lowest BCUT2D eigenvalue weighted by atomic mass is 9.99. The number of hydrogen-bond acceptors (Lipinski definition) is 2. The van der Waals surface area contributed by atoms with Crippen LogP contribution in [0.5, 0.6) is 0 Å². The zero-order valence-corrected chi connectivity index (χ0v) is 9.46. The standard InChI is InChI=1S/C13H11F3O2/c14-13(15,16)7-6-10-11(8-18-12(10)17)9-4-2-1-3-5-9/h1-5H,6-8H2. The van der Waals surface area contributed by atoms with Gasteiger partial charge in [0, 0.05) is 17.6 Å². The van der Waals surface area contributed by atoms with Crippen LogP contribution in [-0.2, 0) is 9.53 Å². The largest absolute Gasteiger partial charge is 0.457 e. The molecule has 0 aliphatic carbocycles. The van der Waals surface area contributed by atoms with Gasteiger partial charge in [0.15, 0.2) is 0 Å². The predicted molar refractivity (Wildman–Crippen MR) is 59.6 cm³/mol. The van der Waals surface area contributed by atoms with Crippen LogP contribution in [0.1, 0.15) is 18.4 Å². The molecule has 0 spiro atoms. The molecule has 0 fully saturated rings. The molecule has 0 saturated heterocycles. The van der Waals surface area contributed by atoms with E-state index in [0.29, 0.717) is 5.57 Å². The predicted octanol–water partition coefficient (Wildman–Crippen LogP) is 3.34. The van der Waals surface area contributed by atoms with Gasteiger partial charge in [-0.05, 0) is 12.0 Å². The van der Waals surface area contributed by atoms with Gasteiger partial charge in [0.05, 0.1) is 0 Å². The molecule has 18 heavy (non-hydrogen) atoms. The second-order valence-electron chi connectivity index (χ2n) is 4.01. The fraction of sp³-hybridized carbons (Fsp3) is 0.308. The van der Waals surface area contributed by atoms with Gasteiger partial charge >= 0.3 is 12.1 Å². The average Bonchev–Trinajstić information content (AvgIpc) is 2.68. The van der Waals surface area contributed by atoms with E-state index in [9.17, 15) is 18.0 Å². The van der Waals surface area contributed by atoms with Crippen molar-refractivity contribution in [3.8, 4) is 0 Å². The van der Waals surface area contributed by atoms with Gasteiger partial charge in [0.1, 0.15) is 6.61 Å². The SMILES string of the molecule is O=C1OCC(c2ccccc2)=C1CCC(F)(F)F. The summed E-state index contributed by atoms with van der Waals surface area (Å²) in [6.45, 7) is 0.0516. The molecule has 1 aliphatic heterocycles. The molecule has 0 radical (unpaired) electrons. The second kappa shape index (κ2) is 4.84. The van der Waals surface area contributed by atoms with Crippen LogP contribution in [0, 0.1) is 0 Å². The Labute approximate surface area is 102 Å². The molecule has 0 amide bonds. The zero-order chi connectivity index (χ0) is 13.2. The number of carbonyl (C=O) groups is 1. The topological polar surface area (TPSA) is 26.3 Å². The van der Waals surface area contributed by atoms with E-state index >= 15 is 0 Å². The number of hydrogen-bond donors (Lipinski definition) is 0. The number of ether oxygens (including phenoxy) is 1. The summed E-state index contributed by atoms with van der Waals surface area (Å²) >= 11 is 0. The Morgan fingerprint density at radius 3 is 2.44 bits per heavy atom. The minimum absolute atomic E-state index is 0.0516. The Hall–Kier alpha value is -1.78. The van der Waals surface area contributed by atoms with E-state index < -0.39 is 18.6 Å². The first-order valence-electron chi connectivity index (χ1n) is 5.49. The lowest BCUT2D eigenvalue weighted by Gasteiger charge is -2.07. The first-order valence-corrected chi connectivity index (χ1v) is 5.49. The van der Waals surface area contributed by atoms with Crippen molar-refractivity contribution >= 4 is 11.5 Å². The molecule has 96 valence electrons. The molecule has 0 saturated carbocycles. The van der Waals surface area contributed by atoms with Crippen LogP contribution in [0.15, 0.2) is 35.9 Å². The van der Waals surface area contributed by atoms with Crippen LogP contribution in [0.25, 0.3) is 5.57 Å². The fourth-order valence-electron chi connectivity index (χ4n) is 1.85. The molecule has 2 nitrogen and oxygen atoms in total. The van der Waals surface area contributed by atoms with Gasteiger partial charge in [-0.25, -0.2) is 4.79 Å². The van der Waals surface area contributed by atoms with Crippen molar-refractivity contribution in [1.29, 1.82) is 0 Å². The van der Waals surface area contributed by atoms with Gasteiger partial charge in [-0.15, -0.1) is 0 Å². The Morgan fingerprint density at radius 1 is 1.17 bits per heavy atom. The molecule has 1 aliphatic rings. The monoisotopic (exact) mass is 256 g/mol. The van der Waals surface area contributed by atoms with Gasteiger partial charge in [-0.3, -0.25) is 0 Å². The third-order valence-electron chi connectivity index (χ3n) is 2.74. The van der Waals surface area contributed by atoms with Gasteiger partial charge in [0.25, 0.3) is 0 Å². The van der Waals surface area contributed by atoms with Crippen molar-refractivity contribution in [2.75, 3.05) is 6.61 Å². The number of alkyl halides is 3. The highest BCUT2D eigenvalue weighted by Gasteiger charge is 2.32. The molecule has 0 bridgehead atoms. The summed E-state index contributed by atoms with van der Waals surface area (Å²) in [6, 6.07) is 8.85. The molecule has 0 aromatic heterocycles. The molecule has 0 atom stereocenters. The summed E-state index contributed by atoms with van der Waals surface area (Å²) in [7, 11) is 0. The van der Waals surface area contributed by atoms with E-state index in [1.54, 1.807) is 30.3 Å². The summed E-state index contributed by atoms with van der Waals surface area (Å²) in [6.07, 6.45) is -5.60. The smallest absolute Gasteiger partial charge is 0.389 e. The maximum Gasteiger partial charge on any atom is 0.389 e. The molecule has 1 aromatic rings. The van der Waals surface area contributed by atoms with Crippen LogP contribution in [0.3, 0.4) is 0 Å². The number of carbonyl (C=O) groups excluding carboxylic acids is 1. The summed E-state index contributed by atoms with van der Waals surface area (Å²) in [4.78, 5) is 11.4. The Bertz CT molecular complexity index is 475. The highest BCUT2D eigenvalue weighted by Crippen LogP contribution is 2.32. The van der Waals surface area contributed by atoms with Crippen LogP contribution >= 0.6 is 0 Å². The quantitative estimate of drug-likeness (QED) is 0.775. The number of rotatable bonds is 3. The molecule has 0 N–H and O–H groups in total. The maximum absolute atomic E-state index is 12.2. The molecule has 0 unspecified atom stereocenters. The number of cyclic esters (lactones) is 1. The van der Waals surface area contributed by atoms with Gasteiger partial charge in [0.2, 0.25) is 0 Å². The minimum atomic E-state index is -4.27. The first kappa shape index (κ1) is 12.7. The number of esters is 1. The van der Waals surface area contributed by atoms with E-state index in [4.69, 9.17) is 4.74 Å². The molecule has 5 heteroatoms. The van der Waals surface area contributed by atoms with E-state index in [1.165, 1.54) is 0 Å². The maximum atomic E-state index is 12.2. The molecule has 1 heterocycles.